The molecule has 0 aliphatic heterocycles. The molecule has 268 valence electrons. The Morgan fingerprint density at radius 2 is 1.28 bits per heavy atom. The van der Waals surface area contributed by atoms with E-state index in [9.17, 15) is 19.2 Å². The zero-order valence-corrected chi connectivity index (χ0v) is 31.7. The van der Waals surface area contributed by atoms with Gasteiger partial charge in [-0.1, -0.05) is 81.6 Å². The first-order valence-electron chi connectivity index (χ1n) is 16.8. The Bertz CT molecular complexity index is 975. The zero-order chi connectivity index (χ0) is 36.5. The maximum absolute atomic E-state index is 11.9. The van der Waals surface area contributed by atoms with Crippen LogP contribution in [0.5, 0.6) is 17.2 Å². The summed E-state index contributed by atoms with van der Waals surface area (Å²) in [6.45, 7) is 23.0. The normalized spacial score (nSPS) is 13.1. The Hall–Kier alpha value is -3.30. The number of nitrogens with one attached hydrogen (secondary N) is 3. The summed E-state index contributed by atoms with van der Waals surface area (Å²) >= 11 is 0. The molecule has 2 unspecified atom stereocenters. The molecule has 10 heteroatoms. The van der Waals surface area contributed by atoms with E-state index < -0.39 is 12.1 Å². The predicted octanol–water partition coefficient (Wildman–Crippen LogP) is 7.64. The summed E-state index contributed by atoms with van der Waals surface area (Å²) in [6.07, 6.45) is 6.64. The van der Waals surface area contributed by atoms with Crippen molar-refractivity contribution in [2.45, 2.75) is 140 Å². The lowest BCUT2D eigenvalue weighted by Crippen LogP contribution is -2.48. The van der Waals surface area contributed by atoms with Crippen molar-refractivity contribution >= 4 is 23.5 Å². The van der Waals surface area contributed by atoms with Crippen LogP contribution < -0.4 is 30.2 Å². The van der Waals surface area contributed by atoms with Crippen LogP contribution in [0.1, 0.15) is 127 Å². The monoisotopic (exact) mass is 653 g/mol. The maximum Gasteiger partial charge on any atom is 0.315 e. The summed E-state index contributed by atoms with van der Waals surface area (Å²) in [5.74, 6) is 2.01. The molecular weight excluding hydrogens is 586 g/mol. The van der Waals surface area contributed by atoms with Crippen LogP contribution in [0.3, 0.4) is 0 Å². The van der Waals surface area contributed by atoms with Crippen LogP contribution in [0.2, 0.25) is 0 Å². The molecule has 1 aromatic carbocycles. The van der Waals surface area contributed by atoms with Gasteiger partial charge in [0.2, 0.25) is 11.7 Å². The van der Waals surface area contributed by atoms with Gasteiger partial charge in [0.05, 0.1) is 33.4 Å². The Morgan fingerprint density at radius 3 is 1.63 bits per heavy atom. The standard InChI is InChI=1S/C15H22N2O5.C14H25NO2.C3H8.2C2H6/c1-9(10(2)18)17-15(19)16-8-11-6-12(20-3)14(22-5)13(7-11)21-4;1-10(16)13(14(2,3)4)15-12(17)9-11-7-5-6-8-11;1-3-2;2*1-2/h6-7,9H,8H2,1-5H3,(H2,16,17,19);11,13H,5-9H2,1-4H3,(H,15,17);3H2,1-2H3;2*1-2H3. The number of carbonyl (C=O) groups is 4. The van der Waals surface area contributed by atoms with Crippen molar-refractivity contribution in [3.63, 3.8) is 0 Å². The van der Waals surface area contributed by atoms with E-state index in [2.05, 4.69) is 29.8 Å². The van der Waals surface area contributed by atoms with Gasteiger partial charge < -0.3 is 30.2 Å². The molecule has 0 spiro atoms. The van der Waals surface area contributed by atoms with Crippen molar-refractivity contribution in [3.05, 3.63) is 17.7 Å². The Morgan fingerprint density at radius 1 is 0.826 bits per heavy atom. The molecule has 0 bridgehead atoms. The molecule has 1 aromatic rings. The number of hydrogen-bond donors (Lipinski definition) is 3. The Kier molecular flexibility index (Phi) is 27.5. The summed E-state index contributed by atoms with van der Waals surface area (Å²) in [4.78, 5) is 46.2. The van der Waals surface area contributed by atoms with Gasteiger partial charge in [-0.15, -0.1) is 0 Å². The number of Topliss-reactive ketones (excluding diaryl/α,β-unsaturated/α-hetero) is 2. The van der Waals surface area contributed by atoms with Gasteiger partial charge >= 0.3 is 6.03 Å². The van der Waals surface area contributed by atoms with E-state index in [0.29, 0.717) is 29.6 Å². The number of benzene rings is 1. The molecule has 10 nitrogen and oxygen atoms in total. The zero-order valence-electron chi connectivity index (χ0n) is 31.7. The summed E-state index contributed by atoms with van der Waals surface area (Å²) in [6, 6.07) is 2.18. The minimum Gasteiger partial charge on any atom is -0.493 e. The second-order valence-corrected chi connectivity index (χ2v) is 11.7. The fourth-order valence-electron chi connectivity index (χ4n) is 4.39. The first-order chi connectivity index (χ1) is 21.6. The third-order valence-corrected chi connectivity index (χ3v) is 6.66. The van der Waals surface area contributed by atoms with E-state index in [0.717, 1.165) is 18.4 Å². The second-order valence-electron chi connectivity index (χ2n) is 11.7. The second kappa shape index (κ2) is 26.9. The van der Waals surface area contributed by atoms with Gasteiger partial charge in [-0.05, 0) is 62.6 Å². The van der Waals surface area contributed by atoms with Crippen molar-refractivity contribution in [1.29, 1.82) is 0 Å². The summed E-state index contributed by atoms with van der Waals surface area (Å²) in [5.41, 5.74) is 0.567. The van der Waals surface area contributed by atoms with Crippen LogP contribution in [0.15, 0.2) is 12.1 Å². The van der Waals surface area contributed by atoms with Crippen LogP contribution in [0, 0.1) is 11.3 Å². The molecule has 0 radical (unpaired) electrons. The van der Waals surface area contributed by atoms with Crippen LogP contribution in [0.25, 0.3) is 0 Å². The van der Waals surface area contributed by atoms with E-state index in [1.807, 2.05) is 48.5 Å². The maximum atomic E-state index is 11.9. The van der Waals surface area contributed by atoms with Crippen molar-refractivity contribution in [2.24, 2.45) is 11.3 Å². The number of amides is 3. The number of methoxy groups -OCH3 is 3. The van der Waals surface area contributed by atoms with Crippen LogP contribution in [-0.2, 0) is 20.9 Å². The van der Waals surface area contributed by atoms with Crippen LogP contribution >= 0.6 is 0 Å². The number of ether oxygens (including phenoxy) is 3. The minimum absolute atomic E-state index is 0.0343. The average Bonchev–Trinajstić information content (AvgIpc) is 3.53. The molecule has 0 aromatic heterocycles. The Balaban J connectivity index is -0.000000686. The highest BCUT2D eigenvalue weighted by molar-refractivity contribution is 5.88. The van der Waals surface area contributed by atoms with Gasteiger partial charge in [0, 0.05) is 13.0 Å². The summed E-state index contributed by atoms with van der Waals surface area (Å²) in [7, 11) is 4.57. The van der Waals surface area contributed by atoms with Crippen molar-refractivity contribution in [2.75, 3.05) is 21.3 Å². The van der Waals surface area contributed by atoms with E-state index in [4.69, 9.17) is 14.2 Å². The third-order valence-electron chi connectivity index (χ3n) is 6.66. The number of carbonyl (C=O) groups excluding carboxylic acids is 4. The molecule has 46 heavy (non-hydrogen) atoms. The number of rotatable bonds is 11. The van der Waals surface area contributed by atoms with Gasteiger partial charge in [-0.3, -0.25) is 14.4 Å². The van der Waals surface area contributed by atoms with Gasteiger partial charge in [0.15, 0.2) is 23.1 Å². The molecule has 1 fully saturated rings. The molecule has 3 N–H and O–H groups in total. The molecule has 2 atom stereocenters. The molecule has 1 aliphatic carbocycles. The molecular formula is C36H67N3O7. The summed E-state index contributed by atoms with van der Waals surface area (Å²) in [5, 5.41) is 8.11. The lowest BCUT2D eigenvalue weighted by molar-refractivity contribution is -0.129. The van der Waals surface area contributed by atoms with Crippen LogP contribution in [-0.4, -0.2) is 56.9 Å². The first kappa shape index (κ1) is 47.1. The predicted molar refractivity (Wildman–Crippen MR) is 189 cm³/mol. The smallest absolute Gasteiger partial charge is 0.315 e. The van der Waals surface area contributed by atoms with Crippen molar-refractivity contribution in [3.8, 4) is 17.2 Å². The Labute approximate surface area is 280 Å². The van der Waals surface area contributed by atoms with Crippen molar-refractivity contribution in [1.82, 2.24) is 16.0 Å². The van der Waals surface area contributed by atoms with E-state index in [-0.39, 0.29) is 35.5 Å². The van der Waals surface area contributed by atoms with Gasteiger partial charge in [-0.25, -0.2) is 4.79 Å². The highest BCUT2D eigenvalue weighted by Gasteiger charge is 2.30. The topological polar surface area (TPSA) is 132 Å². The molecule has 1 aliphatic rings. The quantitative estimate of drug-likeness (QED) is 0.224. The van der Waals surface area contributed by atoms with Gasteiger partial charge in [0.1, 0.15) is 0 Å². The third kappa shape index (κ3) is 20.0. The number of hydrogen-bond acceptors (Lipinski definition) is 7. The molecule has 0 saturated heterocycles. The average molecular weight is 654 g/mol. The first-order valence-corrected chi connectivity index (χ1v) is 16.8. The largest absolute Gasteiger partial charge is 0.493 e. The SMILES string of the molecule is CC.CC.CC(=O)C(NC(=O)CC1CCCC1)C(C)(C)C.CCC.COc1cc(CNC(=O)NC(C)C(C)=O)cc(OC)c1OC. The van der Waals surface area contributed by atoms with Crippen LogP contribution in [0.4, 0.5) is 4.79 Å². The highest BCUT2D eigenvalue weighted by Crippen LogP contribution is 2.38. The molecule has 3 amide bonds. The minimum atomic E-state index is -0.528. The fraction of sp³-hybridized carbons (Fsp3) is 0.722. The van der Waals surface area contributed by atoms with E-state index >= 15 is 0 Å². The lowest BCUT2D eigenvalue weighted by atomic mass is 9.84. The van der Waals surface area contributed by atoms with Gasteiger partial charge in [-0.2, -0.15) is 0 Å². The lowest BCUT2D eigenvalue weighted by Gasteiger charge is -2.29. The number of ketones is 2. The van der Waals surface area contributed by atoms with Crippen molar-refractivity contribution < 1.29 is 33.4 Å². The number of urea groups is 1. The summed E-state index contributed by atoms with van der Waals surface area (Å²) < 4.78 is 15.7. The molecule has 1 saturated carbocycles. The fourth-order valence-corrected chi connectivity index (χ4v) is 4.39. The van der Waals surface area contributed by atoms with E-state index in [1.54, 1.807) is 26.0 Å². The molecule has 2 rings (SSSR count). The highest BCUT2D eigenvalue weighted by atomic mass is 16.5. The van der Waals surface area contributed by atoms with E-state index in [1.165, 1.54) is 47.5 Å². The van der Waals surface area contributed by atoms with Gasteiger partial charge in [0.25, 0.3) is 0 Å². The molecule has 0 heterocycles.